The fourth-order valence-electron chi connectivity index (χ4n) is 2.70. The van der Waals surface area contributed by atoms with Gasteiger partial charge in [-0.1, -0.05) is 23.2 Å². The van der Waals surface area contributed by atoms with Gasteiger partial charge in [-0.2, -0.15) is 0 Å². The molecule has 0 unspecified atom stereocenters. The molecule has 1 aliphatic heterocycles. The Balaban J connectivity index is 1.82. The lowest BCUT2D eigenvalue weighted by molar-refractivity contribution is 0.241. The maximum atomic E-state index is 12.0. The van der Waals surface area contributed by atoms with Gasteiger partial charge in [-0.15, -0.1) is 0 Å². The van der Waals surface area contributed by atoms with E-state index < -0.39 is 0 Å². The predicted molar refractivity (Wildman–Crippen MR) is 83.9 cm³/mol. The van der Waals surface area contributed by atoms with Crippen molar-refractivity contribution in [3.63, 3.8) is 0 Å². The van der Waals surface area contributed by atoms with Crippen LogP contribution in [0, 0.1) is 6.92 Å². The lowest BCUT2D eigenvalue weighted by Gasteiger charge is -2.27. The number of halogens is 2. The minimum Gasteiger partial charge on any atom is -0.310 e. The first kappa shape index (κ1) is 14.6. The third-order valence-corrected chi connectivity index (χ3v) is 4.03. The monoisotopic (exact) mass is 323 g/mol. The number of rotatable bonds is 2. The summed E-state index contributed by atoms with van der Waals surface area (Å²) in [6, 6.07) is 5.52. The molecule has 110 valence electrons. The number of aromatic amines is 1. The molecular formula is C15H15Cl2N3O. The van der Waals surface area contributed by atoms with Gasteiger partial charge >= 0.3 is 0 Å². The van der Waals surface area contributed by atoms with Crippen LogP contribution in [0.2, 0.25) is 10.0 Å². The first-order valence-corrected chi connectivity index (χ1v) is 7.53. The Morgan fingerprint density at radius 3 is 2.71 bits per heavy atom. The maximum Gasteiger partial charge on any atom is 0.255 e. The van der Waals surface area contributed by atoms with Crippen LogP contribution in [0.3, 0.4) is 0 Å². The smallest absolute Gasteiger partial charge is 0.255 e. The van der Waals surface area contributed by atoms with E-state index >= 15 is 0 Å². The Morgan fingerprint density at radius 2 is 2.00 bits per heavy atom. The summed E-state index contributed by atoms with van der Waals surface area (Å²) < 4.78 is 0. The fraction of sp³-hybridized carbons (Fsp3) is 0.333. The quantitative estimate of drug-likeness (QED) is 0.924. The van der Waals surface area contributed by atoms with Crippen molar-refractivity contribution in [2.24, 2.45) is 0 Å². The van der Waals surface area contributed by atoms with E-state index in [-0.39, 0.29) is 5.56 Å². The summed E-state index contributed by atoms with van der Waals surface area (Å²) in [5.41, 5.74) is 2.69. The average Bonchev–Trinajstić information content (AvgIpc) is 2.38. The Hall–Kier alpha value is -1.36. The third-order valence-electron chi connectivity index (χ3n) is 3.59. The zero-order valence-electron chi connectivity index (χ0n) is 11.6. The molecule has 0 atom stereocenters. The number of H-pyrrole nitrogens is 1. The number of nitrogens with one attached hydrogen (secondary N) is 1. The van der Waals surface area contributed by atoms with Gasteiger partial charge in [0.05, 0.1) is 11.3 Å². The summed E-state index contributed by atoms with van der Waals surface area (Å²) in [5, 5.41) is 1.26. The van der Waals surface area contributed by atoms with E-state index in [0.717, 1.165) is 29.8 Å². The van der Waals surface area contributed by atoms with Crippen molar-refractivity contribution in [3.8, 4) is 0 Å². The van der Waals surface area contributed by atoms with Gasteiger partial charge in [0.15, 0.2) is 0 Å². The van der Waals surface area contributed by atoms with Crippen molar-refractivity contribution in [2.45, 2.75) is 26.4 Å². The van der Waals surface area contributed by atoms with Crippen LogP contribution >= 0.6 is 23.2 Å². The molecule has 3 rings (SSSR count). The predicted octanol–water partition coefficient (Wildman–Crippen LogP) is 2.94. The molecule has 0 saturated carbocycles. The number of hydrogen-bond donors (Lipinski definition) is 1. The van der Waals surface area contributed by atoms with Crippen LogP contribution in [0.4, 0.5) is 0 Å². The molecule has 6 heteroatoms. The normalized spacial score (nSPS) is 15.0. The molecule has 1 aliphatic rings. The average molecular weight is 324 g/mol. The zero-order chi connectivity index (χ0) is 15.0. The van der Waals surface area contributed by atoms with Crippen LogP contribution in [0.5, 0.6) is 0 Å². The Kier molecular flexibility index (Phi) is 4.02. The highest BCUT2D eigenvalue weighted by molar-refractivity contribution is 6.34. The highest BCUT2D eigenvalue weighted by atomic mass is 35.5. The second-order valence-electron chi connectivity index (χ2n) is 5.31. The van der Waals surface area contributed by atoms with E-state index in [9.17, 15) is 4.79 Å². The molecule has 1 aromatic carbocycles. The van der Waals surface area contributed by atoms with Crippen molar-refractivity contribution >= 4 is 23.2 Å². The number of aryl methyl sites for hydroxylation is 1. The van der Waals surface area contributed by atoms with E-state index in [2.05, 4.69) is 14.9 Å². The van der Waals surface area contributed by atoms with Crippen LogP contribution < -0.4 is 5.56 Å². The lowest BCUT2D eigenvalue weighted by atomic mass is 10.1. The number of benzene rings is 1. The van der Waals surface area contributed by atoms with Crippen LogP contribution in [0.25, 0.3) is 0 Å². The SMILES string of the molecule is Cc1nc2c(c(=O)[nH]1)CN(Cc1cc(Cl)cc(Cl)c1)CC2. The second-order valence-corrected chi connectivity index (χ2v) is 6.19. The van der Waals surface area contributed by atoms with Gasteiger partial charge in [0.25, 0.3) is 5.56 Å². The summed E-state index contributed by atoms with van der Waals surface area (Å²) in [6.45, 7) is 3.99. The minimum atomic E-state index is -0.0358. The van der Waals surface area contributed by atoms with Gasteiger partial charge in [-0.3, -0.25) is 9.69 Å². The summed E-state index contributed by atoms with van der Waals surface area (Å²) in [4.78, 5) is 21.4. The van der Waals surface area contributed by atoms with Crippen LogP contribution in [-0.2, 0) is 19.5 Å². The van der Waals surface area contributed by atoms with Crippen molar-refractivity contribution in [2.75, 3.05) is 6.54 Å². The first-order valence-electron chi connectivity index (χ1n) is 6.77. The molecule has 0 radical (unpaired) electrons. The molecule has 0 bridgehead atoms. The highest BCUT2D eigenvalue weighted by Crippen LogP contribution is 2.22. The molecule has 2 aromatic rings. The maximum absolute atomic E-state index is 12.0. The molecule has 1 aromatic heterocycles. The second kappa shape index (κ2) is 5.79. The molecule has 4 nitrogen and oxygen atoms in total. The Morgan fingerprint density at radius 1 is 1.29 bits per heavy atom. The van der Waals surface area contributed by atoms with E-state index in [1.165, 1.54) is 0 Å². The molecule has 1 N–H and O–H groups in total. The molecule has 2 heterocycles. The molecule has 0 fully saturated rings. The van der Waals surface area contributed by atoms with E-state index in [1.54, 1.807) is 6.07 Å². The molecule has 0 aliphatic carbocycles. The summed E-state index contributed by atoms with van der Waals surface area (Å²) in [5.74, 6) is 0.675. The standard InChI is InChI=1S/C15H15Cl2N3O/c1-9-18-14-2-3-20(8-13(14)15(21)19-9)7-10-4-11(16)6-12(17)5-10/h4-6H,2-3,7-8H2,1H3,(H,18,19,21). The molecule has 0 saturated heterocycles. The third kappa shape index (κ3) is 3.28. The number of fused-ring (bicyclic) bond motifs is 1. The summed E-state index contributed by atoms with van der Waals surface area (Å²) in [7, 11) is 0. The molecule has 0 spiro atoms. The van der Waals surface area contributed by atoms with Gasteiger partial charge < -0.3 is 4.98 Å². The van der Waals surface area contributed by atoms with Crippen molar-refractivity contribution in [1.29, 1.82) is 0 Å². The summed E-state index contributed by atoms with van der Waals surface area (Å²) >= 11 is 12.0. The number of nitrogens with zero attached hydrogens (tertiary/aromatic N) is 2. The van der Waals surface area contributed by atoms with Gasteiger partial charge in [0, 0.05) is 36.1 Å². The lowest BCUT2D eigenvalue weighted by Crippen LogP contribution is -2.35. The molecule has 21 heavy (non-hydrogen) atoms. The largest absolute Gasteiger partial charge is 0.310 e. The van der Waals surface area contributed by atoms with Crippen LogP contribution in [0.1, 0.15) is 22.6 Å². The van der Waals surface area contributed by atoms with E-state index in [4.69, 9.17) is 23.2 Å². The fourth-order valence-corrected chi connectivity index (χ4v) is 3.27. The highest BCUT2D eigenvalue weighted by Gasteiger charge is 2.20. The van der Waals surface area contributed by atoms with Crippen molar-refractivity contribution in [3.05, 3.63) is 61.2 Å². The molecule has 0 amide bonds. The topological polar surface area (TPSA) is 49.0 Å². The van der Waals surface area contributed by atoms with Gasteiger partial charge in [-0.05, 0) is 30.7 Å². The first-order chi connectivity index (χ1) is 10.0. The van der Waals surface area contributed by atoms with Crippen molar-refractivity contribution in [1.82, 2.24) is 14.9 Å². The zero-order valence-corrected chi connectivity index (χ0v) is 13.1. The van der Waals surface area contributed by atoms with Gasteiger partial charge in [0.2, 0.25) is 0 Å². The van der Waals surface area contributed by atoms with Crippen molar-refractivity contribution < 1.29 is 0 Å². The van der Waals surface area contributed by atoms with Gasteiger partial charge in [0.1, 0.15) is 5.82 Å². The number of hydrogen-bond acceptors (Lipinski definition) is 3. The minimum absolute atomic E-state index is 0.0358. The van der Waals surface area contributed by atoms with E-state index in [0.29, 0.717) is 29.0 Å². The van der Waals surface area contributed by atoms with Gasteiger partial charge in [-0.25, -0.2) is 4.98 Å². The number of aromatic nitrogens is 2. The Bertz CT molecular complexity index is 722. The van der Waals surface area contributed by atoms with Crippen LogP contribution in [-0.4, -0.2) is 21.4 Å². The summed E-state index contributed by atoms with van der Waals surface area (Å²) in [6.07, 6.45) is 0.786. The molecular weight excluding hydrogens is 309 g/mol. The Labute approximate surface area is 132 Å². The van der Waals surface area contributed by atoms with E-state index in [1.807, 2.05) is 19.1 Å². The van der Waals surface area contributed by atoms with Crippen LogP contribution in [0.15, 0.2) is 23.0 Å².